The molecule has 23 heavy (non-hydrogen) atoms. The molecule has 0 aromatic carbocycles. The van der Waals surface area contributed by atoms with Crippen LogP contribution in [0.4, 0.5) is 4.79 Å². The Bertz CT molecular complexity index is 554. The van der Waals surface area contributed by atoms with Gasteiger partial charge in [-0.05, 0) is 20.1 Å². The van der Waals surface area contributed by atoms with E-state index >= 15 is 0 Å². The van der Waals surface area contributed by atoms with E-state index in [2.05, 4.69) is 9.97 Å². The number of amides is 1. The molecule has 1 amide bonds. The number of rotatable bonds is 5. The fourth-order valence-corrected chi connectivity index (χ4v) is 2.15. The number of carbonyl (C=O) groups is 1. The summed E-state index contributed by atoms with van der Waals surface area (Å²) in [4.78, 5) is 22.3. The molecule has 0 spiro atoms. The third-order valence-electron chi connectivity index (χ3n) is 2.77. The average molecular weight is 341 g/mol. The normalized spacial score (nSPS) is 11.5. The fourth-order valence-electron chi connectivity index (χ4n) is 1.76. The van der Waals surface area contributed by atoms with Gasteiger partial charge in [0.15, 0.2) is 0 Å². The molecular weight excluding hydrogens is 314 g/mol. The minimum Gasteiger partial charge on any atom is -0.484 e. The predicted octanol–water partition coefficient (Wildman–Crippen LogP) is 3.48. The second-order valence-corrected chi connectivity index (χ2v) is 7.60. The fraction of sp³-hybridized carbons (Fsp3) is 0.688. The number of hydrogen-bond donors (Lipinski definition) is 0. The largest absolute Gasteiger partial charge is 0.484 e. The monoisotopic (exact) mass is 341 g/mol. The quantitative estimate of drug-likeness (QED) is 0.817. The van der Waals surface area contributed by atoms with E-state index < -0.39 is 6.09 Å². The van der Waals surface area contributed by atoms with Crippen molar-refractivity contribution in [1.29, 1.82) is 0 Å². The lowest BCUT2D eigenvalue weighted by Gasteiger charge is -2.25. The zero-order chi connectivity index (χ0) is 17.8. The van der Waals surface area contributed by atoms with Gasteiger partial charge in [0.05, 0.1) is 17.6 Å². The summed E-state index contributed by atoms with van der Waals surface area (Å²) in [7, 11) is 3.25. The topological polar surface area (TPSA) is 64.5 Å². The molecule has 1 rings (SSSR count). The Kier molecular flexibility index (Phi) is 6.68. The van der Waals surface area contributed by atoms with Gasteiger partial charge >= 0.3 is 6.09 Å². The lowest BCUT2D eigenvalue weighted by molar-refractivity contribution is 0.162. The molecular formula is C16H27N3O3S. The molecule has 0 radical (unpaired) electrons. The van der Waals surface area contributed by atoms with Crippen molar-refractivity contribution >= 4 is 17.9 Å². The van der Waals surface area contributed by atoms with E-state index in [-0.39, 0.29) is 17.4 Å². The van der Waals surface area contributed by atoms with Crippen LogP contribution < -0.4 is 9.47 Å². The van der Waals surface area contributed by atoms with Gasteiger partial charge in [0.25, 0.3) is 5.88 Å². The first kappa shape index (κ1) is 19.5. The summed E-state index contributed by atoms with van der Waals surface area (Å²) >= 11 is 1.61. The molecule has 0 aliphatic rings. The molecule has 130 valence electrons. The first-order chi connectivity index (χ1) is 10.6. The highest BCUT2D eigenvalue weighted by Gasteiger charge is 2.28. The highest BCUT2D eigenvalue weighted by atomic mass is 32.2. The highest BCUT2D eigenvalue weighted by molar-refractivity contribution is 7.97. The van der Waals surface area contributed by atoms with Crippen LogP contribution in [-0.2, 0) is 11.2 Å². The number of carbonyl (C=O) groups excluding carboxylic acids is 1. The molecule has 1 heterocycles. The molecule has 6 nitrogen and oxygen atoms in total. The van der Waals surface area contributed by atoms with Crippen LogP contribution in [0.25, 0.3) is 0 Å². The van der Waals surface area contributed by atoms with E-state index in [1.54, 1.807) is 25.9 Å². The van der Waals surface area contributed by atoms with Gasteiger partial charge in [-0.15, -0.1) is 0 Å². The van der Waals surface area contributed by atoms with Gasteiger partial charge in [0.2, 0.25) is 5.75 Å². The van der Waals surface area contributed by atoms with Crippen molar-refractivity contribution in [3.05, 3.63) is 11.5 Å². The molecule has 0 aliphatic carbocycles. The van der Waals surface area contributed by atoms with Gasteiger partial charge in [-0.25, -0.2) is 9.78 Å². The molecule has 1 aromatic rings. The third-order valence-corrected chi connectivity index (χ3v) is 3.31. The van der Waals surface area contributed by atoms with Gasteiger partial charge < -0.3 is 14.4 Å². The number of ether oxygens (including phenoxy) is 2. The lowest BCUT2D eigenvalue weighted by Crippen LogP contribution is -2.27. The van der Waals surface area contributed by atoms with Crippen LogP contribution >= 0.6 is 11.8 Å². The second kappa shape index (κ2) is 7.86. The van der Waals surface area contributed by atoms with Crippen LogP contribution in [0.15, 0.2) is 0 Å². The van der Waals surface area contributed by atoms with Gasteiger partial charge in [-0.3, -0.25) is 0 Å². The summed E-state index contributed by atoms with van der Waals surface area (Å²) in [5.74, 6) is 1.88. The molecule has 0 atom stereocenters. The minimum absolute atomic E-state index is 0.0806. The van der Waals surface area contributed by atoms with Crippen LogP contribution in [0.5, 0.6) is 11.6 Å². The van der Waals surface area contributed by atoms with Crippen LogP contribution in [0.2, 0.25) is 0 Å². The van der Waals surface area contributed by atoms with Crippen molar-refractivity contribution < 1.29 is 14.3 Å². The van der Waals surface area contributed by atoms with Crippen LogP contribution in [0, 0.1) is 0 Å². The number of thioether (sulfide) groups is 1. The van der Waals surface area contributed by atoms with Gasteiger partial charge in [0, 0.05) is 19.5 Å². The molecule has 0 bridgehead atoms. The summed E-state index contributed by atoms with van der Waals surface area (Å²) in [6.45, 7) is 9.97. The maximum atomic E-state index is 12.0. The first-order valence-electron chi connectivity index (χ1n) is 7.52. The predicted molar refractivity (Wildman–Crippen MR) is 93.4 cm³/mol. The maximum absolute atomic E-state index is 12.0. The Morgan fingerprint density at radius 1 is 1.26 bits per heavy atom. The summed E-state index contributed by atoms with van der Waals surface area (Å²) < 4.78 is 11.3. The van der Waals surface area contributed by atoms with E-state index in [0.29, 0.717) is 17.3 Å². The van der Waals surface area contributed by atoms with E-state index in [1.807, 2.05) is 40.9 Å². The zero-order valence-corrected chi connectivity index (χ0v) is 16.1. The first-order valence-corrected chi connectivity index (χ1v) is 8.91. The molecule has 0 fully saturated rings. The van der Waals surface area contributed by atoms with Crippen molar-refractivity contribution in [3.63, 3.8) is 0 Å². The van der Waals surface area contributed by atoms with Crippen LogP contribution in [-0.4, -0.2) is 47.4 Å². The van der Waals surface area contributed by atoms with E-state index in [0.717, 1.165) is 5.69 Å². The Labute approximate surface area is 143 Å². The van der Waals surface area contributed by atoms with Crippen molar-refractivity contribution in [2.45, 2.75) is 51.9 Å². The van der Waals surface area contributed by atoms with E-state index in [1.165, 1.54) is 4.90 Å². The number of nitrogens with zero attached hydrogens (tertiary/aromatic N) is 3. The summed E-state index contributed by atoms with van der Waals surface area (Å²) in [6, 6.07) is 0. The molecule has 7 heteroatoms. The Hall–Kier alpha value is -1.50. The van der Waals surface area contributed by atoms with Gasteiger partial charge in [-0.2, -0.15) is 16.7 Å². The smallest absolute Gasteiger partial charge is 0.416 e. The molecule has 0 aliphatic heterocycles. The molecule has 1 aromatic heterocycles. The van der Waals surface area contributed by atoms with Crippen molar-refractivity contribution in [1.82, 2.24) is 14.9 Å². The number of hydrogen-bond acceptors (Lipinski definition) is 6. The summed E-state index contributed by atoms with van der Waals surface area (Å²) in [5.41, 5.74) is 0.478. The van der Waals surface area contributed by atoms with Crippen LogP contribution in [0.3, 0.4) is 0 Å². The molecule has 0 saturated carbocycles. The molecule has 0 unspecified atom stereocenters. The molecule has 0 N–H and O–H groups in total. The van der Waals surface area contributed by atoms with Crippen molar-refractivity contribution in [2.75, 3.05) is 20.4 Å². The van der Waals surface area contributed by atoms with E-state index in [4.69, 9.17) is 9.47 Å². The Morgan fingerprint density at radius 3 is 2.30 bits per heavy atom. The summed E-state index contributed by atoms with van der Waals surface area (Å²) in [5, 5.41) is 0. The van der Waals surface area contributed by atoms with Crippen molar-refractivity contribution in [2.24, 2.45) is 0 Å². The van der Waals surface area contributed by atoms with Gasteiger partial charge in [0.1, 0.15) is 5.82 Å². The third kappa shape index (κ3) is 5.57. The standard InChI is InChI=1S/C16H27N3O3S/c1-10(2)21-12-13(16(3,4)5)17-11(9-23-8)18-14(12)22-15(20)19(6)7/h10H,9H2,1-8H3. The van der Waals surface area contributed by atoms with Crippen LogP contribution in [0.1, 0.15) is 46.1 Å². The minimum atomic E-state index is -0.493. The lowest BCUT2D eigenvalue weighted by atomic mass is 9.91. The second-order valence-electron chi connectivity index (χ2n) is 6.73. The average Bonchev–Trinajstić information content (AvgIpc) is 2.39. The Morgan fingerprint density at radius 2 is 1.87 bits per heavy atom. The highest BCUT2D eigenvalue weighted by Crippen LogP contribution is 2.37. The maximum Gasteiger partial charge on any atom is 0.416 e. The SMILES string of the molecule is CSCc1nc(OC(=O)N(C)C)c(OC(C)C)c(C(C)(C)C)n1. The Balaban J connectivity index is 3.47. The zero-order valence-electron chi connectivity index (χ0n) is 15.3. The van der Waals surface area contributed by atoms with E-state index in [9.17, 15) is 4.79 Å². The van der Waals surface area contributed by atoms with Crippen molar-refractivity contribution in [3.8, 4) is 11.6 Å². The number of aromatic nitrogens is 2. The molecule has 0 saturated heterocycles. The van der Waals surface area contributed by atoms with Gasteiger partial charge in [-0.1, -0.05) is 20.8 Å². The summed E-state index contributed by atoms with van der Waals surface area (Å²) in [6.07, 6.45) is 1.40.